The van der Waals surface area contributed by atoms with Crippen molar-refractivity contribution in [2.45, 2.75) is 52.4 Å². The molecule has 1 aromatic rings. The zero-order valence-corrected chi connectivity index (χ0v) is 11.0. The van der Waals surface area contributed by atoms with Gasteiger partial charge in [0.15, 0.2) is 0 Å². The van der Waals surface area contributed by atoms with Crippen LogP contribution in [-0.2, 0) is 6.42 Å². The second kappa shape index (κ2) is 5.48. The van der Waals surface area contributed by atoms with Crippen LogP contribution in [0.15, 0.2) is 12.4 Å². The fourth-order valence-electron chi connectivity index (χ4n) is 2.50. The highest BCUT2D eigenvalue weighted by atomic mass is 15.0. The molecular formula is C14H23N3. The van der Waals surface area contributed by atoms with E-state index in [0.717, 1.165) is 30.9 Å². The Bertz CT molecular complexity index is 353. The van der Waals surface area contributed by atoms with Crippen LogP contribution in [-0.4, -0.2) is 16.5 Å². The Morgan fingerprint density at radius 2 is 2.12 bits per heavy atom. The summed E-state index contributed by atoms with van der Waals surface area (Å²) in [4.78, 5) is 8.57. The van der Waals surface area contributed by atoms with E-state index in [2.05, 4.69) is 35.2 Å². The number of anilines is 1. The summed E-state index contributed by atoms with van der Waals surface area (Å²) in [6.45, 7) is 5.53. The molecule has 1 saturated carbocycles. The molecule has 1 aliphatic carbocycles. The normalized spacial score (nSPS) is 17.5. The van der Waals surface area contributed by atoms with E-state index in [-0.39, 0.29) is 0 Å². The first-order chi connectivity index (χ1) is 8.28. The molecule has 0 atom stereocenters. The molecule has 1 heterocycles. The van der Waals surface area contributed by atoms with Gasteiger partial charge in [-0.3, -0.25) is 0 Å². The first-order valence-corrected chi connectivity index (χ1v) is 6.83. The Kier molecular flexibility index (Phi) is 3.97. The zero-order chi connectivity index (χ0) is 12.1. The van der Waals surface area contributed by atoms with Gasteiger partial charge in [-0.05, 0) is 31.1 Å². The third-order valence-corrected chi connectivity index (χ3v) is 4.04. The molecule has 1 aromatic heterocycles. The first kappa shape index (κ1) is 12.3. The molecule has 3 nitrogen and oxygen atoms in total. The molecule has 3 heteroatoms. The van der Waals surface area contributed by atoms with Crippen molar-refractivity contribution in [2.24, 2.45) is 5.41 Å². The average molecular weight is 233 g/mol. The lowest BCUT2D eigenvalue weighted by atomic mass is 9.67. The van der Waals surface area contributed by atoms with Gasteiger partial charge in [0, 0.05) is 18.3 Å². The Labute approximate surface area is 104 Å². The fourth-order valence-corrected chi connectivity index (χ4v) is 2.50. The monoisotopic (exact) mass is 233 g/mol. The van der Waals surface area contributed by atoms with Crippen LogP contribution >= 0.6 is 0 Å². The summed E-state index contributed by atoms with van der Waals surface area (Å²) in [5.41, 5.74) is 1.68. The van der Waals surface area contributed by atoms with Gasteiger partial charge in [0.1, 0.15) is 12.1 Å². The zero-order valence-electron chi connectivity index (χ0n) is 11.0. The highest BCUT2D eigenvalue weighted by Gasteiger charge is 2.34. The molecule has 2 rings (SSSR count). The number of hydrogen-bond donors (Lipinski definition) is 1. The number of aryl methyl sites for hydroxylation is 1. The Morgan fingerprint density at radius 3 is 2.71 bits per heavy atom. The van der Waals surface area contributed by atoms with Crippen LogP contribution < -0.4 is 5.32 Å². The summed E-state index contributed by atoms with van der Waals surface area (Å²) >= 11 is 0. The van der Waals surface area contributed by atoms with Crippen LogP contribution in [0, 0.1) is 5.41 Å². The molecule has 1 fully saturated rings. The van der Waals surface area contributed by atoms with Gasteiger partial charge in [0.25, 0.3) is 0 Å². The molecule has 0 aliphatic heterocycles. The van der Waals surface area contributed by atoms with Crippen LogP contribution in [0.5, 0.6) is 0 Å². The molecule has 0 bridgehead atoms. The minimum Gasteiger partial charge on any atom is -0.369 e. The van der Waals surface area contributed by atoms with Gasteiger partial charge in [-0.25, -0.2) is 9.97 Å². The van der Waals surface area contributed by atoms with Gasteiger partial charge >= 0.3 is 0 Å². The van der Waals surface area contributed by atoms with E-state index in [1.807, 2.05) is 0 Å². The van der Waals surface area contributed by atoms with Crippen LogP contribution in [0.3, 0.4) is 0 Å². The van der Waals surface area contributed by atoms with Crippen molar-refractivity contribution >= 4 is 5.82 Å². The maximum atomic E-state index is 4.30. The predicted molar refractivity (Wildman–Crippen MR) is 71.1 cm³/mol. The molecule has 17 heavy (non-hydrogen) atoms. The summed E-state index contributed by atoms with van der Waals surface area (Å²) in [5, 5.41) is 3.49. The third-order valence-electron chi connectivity index (χ3n) is 4.04. The van der Waals surface area contributed by atoms with Crippen molar-refractivity contribution in [1.29, 1.82) is 0 Å². The maximum Gasteiger partial charge on any atom is 0.129 e. The fraction of sp³-hybridized carbons (Fsp3) is 0.714. The number of nitrogens with one attached hydrogen (secondary N) is 1. The highest BCUT2D eigenvalue weighted by Crippen LogP contribution is 2.43. The molecule has 0 amide bonds. The minimum atomic E-state index is 0.538. The molecule has 0 radical (unpaired) electrons. The second-order valence-corrected chi connectivity index (χ2v) is 5.21. The topological polar surface area (TPSA) is 37.8 Å². The van der Waals surface area contributed by atoms with Gasteiger partial charge in [0.2, 0.25) is 0 Å². The highest BCUT2D eigenvalue weighted by molar-refractivity contribution is 5.35. The lowest BCUT2D eigenvalue weighted by molar-refractivity contribution is 0.145. The lowest BCUT2D eigenvalue weighted by Crippen LogP contribution is -2.36. The second-order valence-electron chi connectivity index (χ2n) is 5.21. The van der Waals surface area contributed by atoms with Crippen LogP contribution in [0.1, 0.15) is 51.6 Å². The van der Waals surface area contributed by atoms with Crippen LogP contribution in [0.4, 0.5) is 5.82 Å². The number of nitrogens with zero attached hydrogens (tertiary/aromatic N) is 2. The maximum absolute atomic E-state index is 4.30. The number of aromatic nitrogens is 2. The van der Waals surface area contributed by atoms with Crippen molar-refractivity contribution in [3.05, 3.63) is 18.1 Å². The van der Waals surface area contributed by atoms with E-state index in [9.17, 15) is 0 Å². The number of rotatable bonds is 6. The largest absolute Gasteiger partial charge is 0.369 e. The van der Waals surface area contributed by atoms with Crippen molar-refractivity contribution in [2.75, 3.05) is 11.9 Å². The molecule has 0 unspecified atom stereocenters. The van der Waals surface area contributed by atoms with Gasteiger partial charge in [-0.2, -0.15) is 0 Å². The molecule has 0 aromatic carbocycles. The van der Waals surface area contributed by atoms with Crippen LogP contribution in [0.2, 0.25) is 0 Å². The van der Waals surface area contributed by atoms with Crippen molar-refractivity contribution in [3.63, 3.8) is 0 Å². The molecule has 0 saturated heterocycles. The van der Waals surface area contributed by atoms with Gasteiger partial charge in [-0.15, -0.1) is 0 Å². The minimum absolute atomic E-state index is 0.538. The Morgan fingerprint density at radius 1 is 1.29 bits per heavy atom. The van der Waals surface area contributed by atoms with Crippen molar-refractivity contribution in [3.8, 4) is 0 Å². The van der Waals surface area contributed by atoms with E-state index < -0.39 is 0 Å². The van der Waals surface area contributed by atoms with E-state index >= 15 is 0 Å². The summed E-state index contributed by atoms with van der Waals surface area (Å²) < 4.78 is 0. The van der Waals surface area contributed by atoms with Gasteiger partial charge in [0.05, 0.1) is 0 Å². The summed E-state index contributed by atoms with van der Waals surface area (Å²) in [6, 6.07) is 2.09. The molecular weight excluding hydrogens is 210 g/mol. The smallest absolute Gasteiger partial charge is 0.129 e. The molecule has 0 spiro atoms. The Hall–Kier alpha value is -1.12. The lowest BCUT2D eigenvalue weighted by Gasteiger charge is -2.41. The summed E-state index contributed by atoms with van der Waals surface area (Å²) in [7, 11) is 0. The molecule has 1 N–H and O–H groups in total. The number of hydrogen-bond acceptors (Lipinski definition) is 3. The van der Waals surface area contributed by atoms with Crippen LogP contribution in [0.25, 0.3) is 0 Å². The first-order valence-electron chi connectivity index (χ1n) is 6.83. The molecule has 94 valence electrons. The quantitative estimate of drug-likeness (QED) is 0.818. The van der Waals surface area contributed by atoms with Gasteiger partial charge in [-0.1, -0.05) is 26.7 Å². The van der Waals surface area contributed by atoms with E-state index in [1.54, 1.807) is 6.33 Å². The van der Waals surface area contributed by atoms with Gasteiger partial charge < -0.3 is 5.32 Å². The van der Waals surface area contributed by atoms with E-state index in [0.29, 0.717) is 5.41 Å². The average Bonchev–Trinajstić information content (AvgIpc) is 2.29. The van der Waals surface area contributed by atoms with Crippen molar-refractivity contribution in [1.82, 2.24) is 9.97 Å². The third kappa shape index (κ3) is 2.96. The SMILES string of the molecule is CCCc1cc(NCC2(CC)CCC2)ncn1. The summed E-state index contributed by atoms with van der Waals surface area (Å²) in [5.74, 6) is 0.989. The van der Waals surface area contributed by atoms with Crippen molar-refractivity contribution < 1.29 is 0 Å². The Balaban J connectivity index is 1.92. The van der Waals surface area contributed by atoms with E-state index in [4.69, 9.17) is 0 Å². The standard InChI is InChI=1S/C14H23N3/c1-3-6-12-9-13(17-11-16-12)15-10-14(4-2)7-5-8-14/h9,11H,3-8,10H2,1-2H3,(H,15,16,17). The van der Waals surface area contributed by atoms with E-state index in [1.165, 1.54) is 25.7 Å². The summed E-state index contributed by atoms with van der Waals surface area (Å²) in [6.07, 6.45) is 9.23. The predicted octanol–water partition coefficient (Wildman–Crippen LogP) is 3.42. The molecule has 1 aliphatic rings.